The molecule has 0 fully saturated rings. The second-order valence-electron chi connectivity index (χ2n) is 6.61. The minimum absolute atomic E-state index is 0.0333. The van der Waals surface area contributed by atoms with Crippen molar-refractivity contribution in [1.29, 1.82) is 0 Å². The number of fused-ring (bicyclic) bond motifs is 2. The van der Waals surface area contributed by atoms with Gasteiger partial charge < -0.3 is 10.1 Å². The Hall–Kier alpha value is -2.92. The van der Waals surface area contributed by atoms with Gasteiger partial charge in [0.25, 0.3) is 0 Å². The molecule has 2 N–H and O–H groups in total. The van der Waals surface area contributed by atoms with E-state index < -0.39 is 0 Å². The fourth-order valence-electron chi connectivity index (χ4n) is 3.60. The van der Waals surface area contributed by atoms with E-state index >= 15 is 0 Å². The fourth-order valence-corrected chi connectivity index (χ4v) is 3.60. The first-order valence-electron chi connectivity index (χ1n) is 8.69. The quantitative estimate of drug-likeness (QED) is 0.712. The van der Waals surface area contributed by atoms with Crippen LogP contribution in [0.15, 0.2) is 48.5 Å². The lowest BCUT2D eigenvalue weighted by Crippen LogP contribution is -2.33. The van der Waals surface area contributed by atoms with E-state index in [0.29, 0.717) is 0 Å². The van der Waals surface area contributed by atoms with Gasteiger partial charge in [-0.15, -0.1) is 0 Å². The molecule has 5 nitrogen and oxygen atoms in total. The summed E-state index contributed by atoms with van der Waals surface area (Å²) in [5.74, 6) is -0.130. The molecule has 0 bridgehead atoms. The highest BCUT2D eigenvalue weighted by atomic mass is 16.5. The molecule has 0 aliphatic heterocycles. The monoisotopic (exact) mass is 347 g/mol. The number of hydrogen-bond acceptors (Lipinski definition) is 3. The van der Waals surface area contributed by atoms with Gasteiger partial charge in [0.05, 0.1) is 23.4 Å². The smallest absolute Gasteiger partial charge is 0.244 e. The number of carbonyl (C=O) groups is 1. The molecule has 0 radical (unpaired) electrons. The minimum atomic E-state index is -0.130. The van der Waals surface area contributed by atoms with Crippen molar-refractivity contribution in [3.8, 4) is 0 Å². The Morgan fingerprint density at radius 3 is 3.00 bits per heavy atom. The number of H-pyrrole nitrogens is 1. The molecule has 1 aromatic heterocycles. The maximum Gasteiger partial charge on any atom is 0.244 e. The van der Waals surface area contributed by atoms with Crippen molar-refractivity contribution in [2.24, 2.45) is 0 Å². The summed E-state index contributed by atoms with van der Waals surface area (Å²) in [6.07, 6.45) is 4.16. The van der Waals surface area contributed by atoms with Crippen LogP contribution in [-0.4, -0.2) is 29.3 Å². The van der Waals surface area contributed by atoms with Crippen molar-refractivity contribution in [3.05, 3.63) is 70.9 Å². The largest absolute Gasteiger partial charge is 0.379 e. The van der Waals surface area contributed by atoms with Crippen LogP contribution in [0.2, 0.25) is 0 Å². The standard InChI is InChI=1S/C21H21N3O2/c1-13-16-9-7-14(11-18(16)24-23-13)8-10-20(25)22-21-17-6-4-3-5-15(17)12-19(21)26-2/h3-11,19,21H,12H2,1-2H3,(H,22,25)(H,23,24)/b10-8+/t19-,21-/m0/s1. The third-order valence-electron chi connectivity index (χ3n) is 4.99. The number of ether oxygens (including phenoxy) is 1. The van der Waals surface area contributed by atoms with Crippen molar-refractivity contribution in [2.45, 2.75) is 25.5 Å². The van der Waals surface area contributed by atoms with Gasteiger partial charge in [-0.05, 0) is 35.8 Å². The summed E-state index contributed by atoms with van der Waals surface area (Å²) in [6.45, 7) is 1.97. The number of rotatable bonds is 4. The molecule has 4 rings (SSSR count). The fraction of sp³-hybridized carbons (Fsp3) is 0.238. The Morgan fingerprint density at radius 1 is 1.31 bits per heavy atom. The van der Waals surface area contributed by atoms with Crippen LogP contribution in [0.25, 0.3) is 17.0 Å². The molecule has 0 unspecified atom stereocenters. The molecular weight excluding hydrogens is 326 g/mol. The van der Waals surface area contributed by atoms with Gasteiger partial charge in [0.1, 0.15) is 0 Å². The summed E-state index contributed by atoms with van der Waals surface area (Å²) in [4.78, 5) is 12.4. The summed E-state index contributed by atoms with van der Waals surface area (Å²) in [5.41, 5.74) is 5.25. The van der Waals surface area contributed by atoms with Crippen LogP contribution in [0.4, 0.5) is 0 Å². The maximum absolute atomic E-state index is 12.4. The molecule has 2 aromatic carbocycles. The number of aromatic nitrogens is 2. The van der Waals surface area contributed by atoms with E-state index in [4.69, 9.17) is 4.74 Å². The molecule has 0 saturated heterocycles. The highest BCUT2D eigenvalue weighted by molar-refractivity contribution is 5.93. The molecule has 0 spiro atoms. The molecule has 1 amide bonds. The zero-order valence-electron chi connectivity index (χ0n) is 14.8. The van der Waals surface area contributed by atoms with E-state index in [-0.39, 0.29) is 18.1 Å². The summed E-state index contributed by atoms with van der Waals surface area (Å²) in [7, 11) is 1.69. The second-order valence-corrected chi connectivity index (χ2v) is 6.61. The van der Waals surface area contributed by atoms with E-state index in [0.717, 1.165) is 34.1 Å². The van der Waals surface area contributed by atoms with Gasteiger partial charge in [0, 0.05) is 25.0 Å². The van der Waals surface area contributed by atoms with Crippen LogP contribution in [0.5, 0.6) is 0 Å². The van der Waals surface area contributed by atoms with Gasteiger partial charge in [-0.1, -0.05) is 36.4 Å². The number of carbonyl (C=O) groups excluding carboxylic acids is 1. The molecule has 0 saturated carbocycles. The number of nitrogens with one attached hydrogen (secondary N) is 2. The third-order valence-corrected chi connectivity index (χ3v) is 4.99. The molecule has 1 aliphatic rings. The summed E-state index contributed by atoms with van der Waals surface area (Å²) >= 11 is 0. The number of aromatic amines is 1. The molecule has 26 heavy (non-hydrogen) atoms. The Balaban J connectivity index is 1.49. The average molecular weight is 347 g/mol. The topological polar surface area (TPSA) is 67.0 Å². The van der Waals surface area contributed by atoms with Gasteiger partial charge in [-0.25, -0.2) is 0 Å². The van der Waals surface area contributed by atoms with E-state index in [1.54, 1.807) is 13.2 Å². The first-order valence-corrected chi connectivity index (χ1v) is 8.69. The average Bonchev–Trinajstić information content (AvgIpc) is 3.20. The van der Waals surface area contributed by atoms with Crippen molar-refractivity contribution in [3.63, 3.8) is 0 Å². The molecule has 1 aliphatic carbocycles. The zero-order chi connectivity index (χ0) is 18.1. The van der Waals surface area contributed by atoms with E-state index in [2.05, 4.69) is 27.6 Å². The van der Waals surface area contributed by atoms with Crippen LogP contribution in [0.3, 0.4) is 0 Å². The summed E-state index contributed by atoms with van der Waals surface area (Å²) < 4.78 is 5.57. The van der Waals surface area contributed by atoms with E-state index in [1.165, 1.54) is 5.56 Å². The van der Waals surface area contributed by atoms with Crippen molar-refractivity contribution >= 4 is 22.9 Å². The lowest BCUT2D eigenvalue weighted by molar-refractivity contribution is -0.118. The lowest BCUT2D eigenvalue weighted by atomic mass is 10.1. The van der Waals surface area contributed by atoms with Crippen LogP contribution < -0.4 is 5.32 Å². The Kier molecular flexibility index (Phi) is 4.31. The predicted molar refractivity (Wildman–Crippen MR) is 102 cm³/mol. The normalized spacial score (nSPS) is 19.2. The predicted octanol–water partition coefficient (Wildman–Crippen LogP) is 3.31. The minimum Gasteiger partial charge on any atom is -0.379 e. The van der Waals surface area contributed by atoms with Gasteiger partial charge in [0.15, 0.2) is 0 Å². The van der Waals surface area contributed by atoms with Crippen LogP contribution >= 0.6 is 0 Å². The zero-order valence-corrected chi connectivity index (χ0v) is 14.8. The van der Waals surface area contributed by atoms with Gasteiger partial charge >= 0.3 is 0 Å². The number of amides is 1. The van der Waals surface area contributed by atoms with Crippen molar-refractivity contribution < 1.29 is 9.53 Å². The van der Waals surface area contributed by atoms with Crippen LogP contribution in [-0.2, 0) is 16.0 Å². The lowest BCUT2D eigenvalue weighted by Gasteiger charge is -2.19. The maximum atomic E-state index is 12.4. The van der Waals surface area contributed by atoms with E-state index in [1.807, 2.05) is 43.3 Å². The first kappa shape index (κ1) is 16.5. The van der Waals surface area contributed by atoms with Gasteiger partial charge in [-0.3, -0.25) is 9.89 Å². The first-order chi connectivity index (χ1) is 12.7. The molecule has 3 aromatic rings. The SMILES string of the molecule is CO[C@H]1Cc2ccccc2[C@@H]1NC(=O)/C=C/c1ccc2c(C)n[nH]c2c1. The Labute approximate surface area is 152 Å². The number of aryl methyl sites for hydroxylation is 1. The highest BCUT2D eigenvalue weighted by Crippen LogP contribution is 2.32. The molecule has 5 heteroatoms. The number of nitrogens with zero attached hydrogens (tertiary/aromatic N) is 1. The summed E-state index contributed by atoms with van der Waals surface area (Å²) in [6, 6.07) is 14.0. The van der Waals surface area contributed by atoms with Crippen LogP contribution in [0.1, 0.15) is 28.4 Å². The van der Waals surface area contributed by atoms with Gasteiger partial charge in [-0.2, -0.15) is 5.10 Å². The van der Waals surface area contributed by atoms with Crippen molar-refractivity contribution in [2.75, 3.05) is 7.11 Å². The van der Waals surface area contributed by atoms with Gasteiger partial charge in [0.2, 0.25) is 5.91 Å². The third kappa shape index (κ3) is 3.02. The number of hydrogen-bond donors (Lipinski definition) is 2. The summed E-state index contributed by atoms with van der Waals surface area (Å²) in [5, 5.41) is 11.4. The van der Waals surface area contributed by atoms with E-state index in [9.17, 15) is 4.79 Å². The molecule has 132 valence electrons. The second kappa shape index (κ2) is 6.77. The number of methoxy groups -OCH3 is 1. The number of benzene rings is 2. The highest BCUT2D eigenvalue weighted by Gasteiger charge is 2.32. The molecular formula is C21H21N3O2. The molecule has 2 atom stereocenters. The Morgan fingerprint density at radius 2 is 2.15 bits per heavy atom. The van der Waals surface area contributed by atoms with Crippen molar-refractivity contribution in [1.82, 2.24) is 15.5 Å². The van der Waals surface area contributed by atoms with Crippen LogP contribution in [0, 0.1) is 6.92 Å². The molecule has 1 heterocycles. The Bertz CT molecular complexity index is 990.